The molecule has 1 heterocycles. The number of H-pyrrole nitrogens is 1. The highest BCUT2D eigenvalue weighted by molar-refractivity contribution is 6.32. The zero-order valence-corrected chi connectivity index (χ0v) is 14.6. The fourth-order valence-corrected chi connectivity index (χ4v) is 3.28. The third-order valence-corrected chi connectivity index (χ3v) is 4.64. The topological polar surface area (TPSA) is 32.9 Å². The highest BCUT2D eigenvalue weighted by atomic mass is 35.5. The number of fused-ring (bicyclic) bond motifs is 1. The second-order valence-electron chi connectivity index (χ2n) is 5.77. The van der Waals surface area contributed by atoms with Crippen LogP contribution in [-0.4, -0.2) is 10.8 Å². The molecule has 1 aromatic heterocycles. The Bertz CT molecular complexity index is 1070. The van der Waals surface area contributed by atoms with Gasteiger partial charge < -0.3 is 4.98 Å². The Morgan fingerprint density at radius 1 is 0.800 bits per heavy atom. The number of rotatable bonds is 3. The van der Waals surface area contributed by atoms with Crippen molar-refractivity contribution in [1.82, 2.24) is 4.98 Å². The molecule has 1 N–H and O–H groups in total. The minimum atomic E-state index is -0.0807. The summed E-state index contributed by atoms with van der Waals surface area (Å²) in [4.78, 5) is 16.4. The third kappa shape index (κ3) is 2.95. The van der Waals surface area contributed by atoms with Gasteiger partial charge in [-0.1, -0.05) is 53.5 Å². The molecule has 4 aromatic rings. The number of hydrogen-bond donors (Lipinski definition) is 1. The molecule has 25 heavy (non-hydrogen) atoms. The SMILES string of the molecule is O=C(c1ccc(Cl)cc1)c1[nH]c2ccc(Cl)cc2c1-c1ccccc1. The van der Waals surface area contributed by atoms with Gasteiger partial charge in [0.15, 0.2) is 0 Å². The van der Waals surface area contributed by atoms with Gasteiger partial charge in [0.2, 0.25) is 5.78 Å². The maximum Gasteiger partial charge on any atom is 0.209 e. The number of carbonyl (C=O) groups is 1. The van der Waals surface area contributed by atoms with E-state index in [0.29, 0.717) is 21.3 Å². The van der Waals surface area contributed by atoms with Gasteiger partial charge in [-0.3, -0.25) is 4.79 Å². The summed E-state index contributed by atoms with van der Waals surface area (Å²) in [5.41, 5.74) is 3.83. The zero-order valence-electron chi connectivity index (χ0n) is 13.1. The number of aromatic amines is 1. The van der Waals surface area contributed by atoms with E-state index in [2.05, 4.69) is 4.98 Å². The van der Waals surface area contributed by atoms with Crippen LogP contribution in [0.2, 0.25) is 10.0 Å². The van der Waals surface area contributed by atoms with E-state index in [9.17, 15) is 4.79 Å². The van der Waals surface area contributed by atoms with Crippen molar-refractivity contribution < 1.29 is 4.79 Å². The third-order valence-electron chi connectivity index (χ3n) is 4.16. The summed E-state index contributed by atoms with van der Waals surface area (Å²) >= 11 is 12.1. The van der Waals surface area contributed by atoms with E-state index in [0.717, 1.165) is 22.0 Å². The van der Waals surface area contributed by atoms with Crippen molar-refractivity contribution in [2.24, 2.45) is 0 Å². The molecule has 0 unspecified atom stereocenters. The molecule has 4 heteroatoms. The van der Waals surface area contributed by atoms with Crippen molar-refractivity contribution in [3.8, 4) is 11.1 Å². The summed E-state index contributed by atoms with van der Waals surface area (Å²) in [5.74, 6) is -0.0807. The lowest BCUT2D eigenvalue weighted by atomic mass is 9.98. The van der Waals surface area contributed by atoms with Crippen LogP contribution in [0.25, 0.3) is 22.0 Å². The van der Waals surface area contributed by atoms with Crippen LogP contribution in [0, 0.1) is 0 Å². The normalized spacial score (nSPS) is 11.0. The average molecular weight is 366 g/mol. The molecule has 0 aliphatic rings. The van der Waals surface area contributed by atoms with Gasteiger partial charge in [0.25, 0.3) is 0 Å². The van der Waals surface area contributed by atoms with Crippen molar-refractivity contribution in [2.45, 2.75) is 0 Å². The van der Waals surface area contributed by atoms with Gasteiger partial charge >= 0.3 is 0 Å². The highest BCUT2D eigenvalue weighted by Gasteiger charge is 2.20. The van der Waals surface area contributed by atoms with E-state index >= 15 is 0 Å². The quantitative estimate of drug-likeness (QED) is 0.420. The Labute approximate surface area is 155 Å². The van der Waals surface area contributed by atoms with E-state index in [1.807, 2.05) is 48.5 Å². The second-order valence-corrected chi connectivity index (χ2v) is 6.64. The predicted molar refractivity (Wildman–Crippen MR) is 104 cm³/mol. The smallest absolute Gasteiger partial charge is 0.209 e. The maximum absolute atomic E-state index is 13.1. The van der Waals surface area contributed by atoms with E-state index < -0.39 is 0 Å². The minimum Gasteiger partial charge on any atom is -0.351 e. The van der Waals surface area contributed by atoms with E-state index in [4.69, 9.17) is 23.2 Å². The Kier molecular flexibility index (Phi) is 4.08. The number of hydrogen-bond acceptors (Lipinski definition) is 1. The van der Waals surface area contributed by atoms with E-state index in [1.165, 1.54) is 0 Å². The number of carbonyl (C=O) groups excluding carboxylic acids is 1. The van der Waals surface area contributed by atoms with Crippen molar-refractivity contribution in [3.05, 3.63) is 94.1 Å². The molecule has 2 nitrogen and oxygen atoms in total. The summed E-state index contributed by atoms with van der Waals surface area (Å²) in [7, 11) is 0. The van der Waals surface area contributed by atoms with Crippen molar-refractivity contribution in [2.75, 3.05) is 0 Å². The molecular weight excluding hydrogens is 353 g/mol. The van der Waals surface area contributed by atoms with E-state index in [1.54, 1.807) is 24.3 Å². The van der Waals surface area contributed by atoms with Gasteiger partial charge in [0.05, 0.1) is 5.69 Å². The van der Waals surface area contributed by atoms with Crippen LogP contribution in [0.1, 0.15) is 16.1 Å². The molecule has 4 rings (SSSR count). The lowest BCUT2D eigenvalue weighted by molar-refractivity contribution is 0.103. The summed E-state index contributed by atoms with van der Waals surface area (Å²) in [6.45, 7) is 0. The number of halogens is 2. The number of nitrogens with one attached hydrogen (secondary N) is 1. The van der Waals surface area contributed by atoms with Gasteiger partial charge in [0.1, 0.15) is 0 Å². The van der Waals surface area contributed by atoms with Gasteiger partial charge in [-0.25, -0.2) is 0 Å². The Hall–Kier alpha value is -2.55. The van der Waals surface area contributed by atoms with Crippen LogP contribution in [0.15, 0.2) is 72.8 Å². The van der Waals surface area contributed by atoms with Crippen LogP contribution in [-0.2, 0) is 0 Å². The van der Waals surface area contributed by atoms with E-state index in [-0.39, 0.29) is 5.78 Å². The van der Waals surface area contributed by atoms with Crippen molar-refractivity contribution >= 4 is 39.9 Å². The van der Waals surface area contributed by atoms with Crippen LogP contribution >= 0.6 is 23.2 Å². The summed E-state index contributed by atoms with van der Waals surface area (Å²) in [5, 5.41) is 2.16. The number of benzene rings is 3. The van der Waals surface area contributed by atoms with Gasteiger partial charge in [0, 0.05) is 32.1 Å². The molecular formula is C21H13Cl2NO. The fraction of sp³-hybridized carbons (Fsp3) is 0. The lowest BCUT2D eigenvalue weighted by Crippen LogP contribution is -2.03. The first-order chi connectivity index (χ1) is 12.1. The van der Waals surface area contributed by atoms with Crippen LogP contribution in [0.4, 0.5) is 0 Å². The Morgan fingerprint density at radius 2 is 1.48 bits per heavy atom. The summed E-state index contributed by atoms with van der Waals surface area (Å²) in [6, 6.07) is 22.3. The molecule has 0 bridgehead atoms. The van der Waals surface area contributed by atoms with Crippen LogP contribution in [0.3, 0.4) is 0 Å². The first-order valence-electron chi connectivity index (χ1n) is 7.80. The van der Waals surface area contributed by atoms with Gasteiger partial charge in [-0.15, -0.1) is 0 Å². The van der Waals surface area contributed by atoms with Crippen molar-refractivity contribution in [3.63, 3.8) is 0 Å². The Balaban J connectivity index is 1.97. The lowest BCUT2D eigenvalue weighted by Gasteiger charge is -2.05. The standard InChI is InChI=1S/C21H13Cl2NO/c22-15-8-6-14(7-9-15)21(25)20-19(13-4-2-1-3-5-13)17-12-16(23)10-11-18(17)24-20/h1-12,24H. The number of ketones is 1. The van der Waals surface area contributed by atoms with Crippen LogP contribution in [0.5, 0.6) is 0 Å². The molecule has 0 aliphatic carbocycles. The zero-order chi connectivity index (χ0) is 17.4. The fourth-order valence-electron chi connectivity index (χ4n) is 2.98. The molecule has 0 saturated heterocycles. The van der Waals surface area contributed by atoms with Gasteiger partial charge in [-0.2, -0.15) is 0 Å². The first kappa shape index (κ1) is 15.9. The molecule has 0 spiro atoms. The predicted octanol–water partition coefficient (Wildman–Crippen LogP) is 6.37. The largest absolute Gasteiger partial charge is 0.351 e. The second kappa shape index (κ2) is 6.40. The molecule has 0 fully saturated rings. The average Bonchev–Trinajstić information content (AvgIpc) is 3.01. The molecule has 0 radical (unpaired) electrons. The van der Waals surface area contributed by atoms with Crippen molar-refractivity contribution in [1.29, 1.82) is 0 Å². The molecule has 0 atom stereocenters. The first-order valence-corrected chi connectivity index (χ1v) is 8.56. The molecule has 122 valence electrons. The summed E-state index contributed by atoms with van der Waals surface area (Å²) in [6.07, 6.45) is 0. The molecule has 0 saturated carbocycles. The number of aromatic nitrogens is 1. The van der Waals surface area contributed by atoms with Crippen LogP contribution < -0.4 is 0 Å². The maximum atomic E-state index is 13.1. The monoisotopic (exact) mass is 365 g/mol. The minimum absolute atomic E-state index is 0.0807. The Morgan fingerprint density at radius 3 is 2.20 bits per heavy atom. The molecule has 0 aliphatic heterocycles. The molecule has 0 amide bonds. The highest BCUT2D eigenvalue weighted by Crippen LogP contribution is 2.35. The summed E-state index contributed by atoms with van der Waals surface area (Å²) < 4.78 is 0. The molecule has 3 aromatic carbocycles. The van der Waals surface area contributed by atoms with Gasteiger partial charge in [-0.05, 0) is 48.0 Å².